The molecule has 2 rings (SSSR count). The molecular weight excluding hydrogens is 244 g/mol. The highest BCUT2D eigenvalue weighted by molar-refractivity contribution is 7.09. The van der Waals surface area contributed by atoms with Gasteiger partial charge in [0, 0.05) is 24.4 Å². The van der Waals surface area contributed by atoms with E-state index in [1.165, 1.54) is 0 Å². The van der Waals surface area contributed by atoms with Gasteiger partial charge in [0.05, 0.1) is 10.7 Å². The van der Waals surface area contributed by atoms with E-state index < -0.39 is 0 Å². The lowest BCUT2D eigenvalue weighted by Crippen LogP contribution is -2.21. The summed E-state index contributed by atoms with van der Waals surface area (Å²) in [6, 6.07) is 7.60. The molecule has 2 N–H and O–H groups in total. The molecule has 0 radical (unpaired) electrons. The molecule has 0 aliphatic carbocycles. The van der Waals surface area contributed by atoms with Crippen LogP contribution in [0.4, 0.5) is 0 Å². The number of nitrogens with one attached hydrogen (secondary N) is 1. The van der Waals surface area contributed by atoms with Crippen LogP contribution in [-0.2, 0) is 6.42 Å². The normalized spacial score (nSPS) is 12.6. The second-order valence-corrected chi connectivity index (χ2v) is 5.44. The molecule has 0 aliphatic rings. The van der Waals surface area contributed by atoms with Crippen molar-refractivity contribution in [1.29, 1.82) is 0 Å². The number of hydrogen-bond donors (Lipinski definition) is 2. The van der Waals surface area contributed by atoms with E-state index >= 15 is 0 Å². The van der Waals surface area contributed by atoms with Crippen molar-refractivity contribution in [3.05, 3.63) is 45.9 Å². The lowest BCUT2D eigenvalue weighted by atomic mass is 10.1. The molecule has 2 aromatic rings. The Bertz CT molecular complexity index is 510. The van der Waals surface area contributed by atoms with Crippen LogP contribution in [0.3, 0.4) is 0 Å². The molecule has 0 saturated heterocycles. The number of thiazole rings is 1. The number of hydrogen-bond acceptors (Lipinski definition) is 4. The molecule has 0 aliphatic heterocycles. The predicted molar refractivity (Wildman–Crippen MR) is 75.1 cm³/mol. The zero-order chi connectivity index (χ0) is 13.0. The lowest BCUT2D eigenvalue weighted by Gasteiger charge is -2.13. The van der Waals surface area contributed by atoms with E-state index in [4.69, 9.17) is 0 Å². The summed E-state index contributed by atoms with van der Waals surface area (Å²) in [5.74, 6) is 0.316. The fourth-order valence-corrected chi connectivity index (χ4v) is 2.50. The van der Waals surface area contributed by atoms with Crippen LogP contribution in [0.1, 0.15) is 29.2 Å². The summed E-state index contributed by atoms with van der Waals surface area (Å²) in [7, 11) is 0. The van der Waals surface area contributed by atoms with Gasteiger partial charge in [-0.2, -0.15) is 0 Å². The van der Waals surface area contributed by atoms with Gasteiger partial charge in [-0.05, 0) is 31.5 Å². The fraction of sp³-hybridized carbons (Fsp3) is 0.357. The highest BCUT2D eigenvalue weighted by Gasteiger charge is 2.05. The number of aryl methyl sites for hydroxylation is 1. The van der Waals surface area contributed by atoms with Crippen molar-refractivity contribution in [3.8, 4) is 5.75 Å². The van der Waals surface area contributed by atoms with Crippen LogP contribution in [0.25, 0.3) is 0 Å². The van der Waals surface area contributed by atoms with Gasteiger partial charge >= 0.3 is 0 Å². The van der Waals surface area contributed by atoms with E-state index in [9.17, 15) is 5.11 Å². The van der Waals surface area contributed by atoms with Gasteiger partial charge in [-0.15, -0.1) is 11.3 Å². The first-order valence-electron chi connectivity index (χ1n) is 6.08. The highest BCUT2D eigenvalue weighted by Crippen LogP contribution is 2.17. The standard InChI is InChI=1S/C14H18N2OS/c1-10(12-4-3-5-14(17)8-12)15-7-6-13-9-18-11(2)16-13/h3-5,8-10,15,17H,6-7H2,1-2H3. The summed E-state index contributed by atoms with van der Waals surface area (Å²) in [4.78, 5) is 4.43. The van der Waals surface area contributed by atoms with Crippen LogP contribution in [0.2, 0.25) is 0 Å². The number of rotatable bonds is 5. The molecule has 1 atom stereocenters. The molecule has 0 saturated carbocycles. The topological polar surface area (TPSA) is 45.2 Å². The molecule has 3 nitrogen and oxygen atoms in total. The predicted octanol–water partition coefficient (Wildman–Crippen LogP) is 3.05. The van der Waals surface area contributed by atoms with Gasteiger partial charge in [-0.1, -0.05) is 12.1 Å². The van der Waals surface area contributed by atoms with Crippen LogP contribution < -0.4 is 5.32 Å². The van der Waals surface area contributed by atoms with E-state index in [0.29, 0.717) is 5.75 Å². The van der Waals surface area contributed by atoms with Crippen molar-refractivity contribution in [3.63, 3.8) is 0 Å². The Morgan fingerprint density at radius 3 is 2.94 bits per heavy atom. The average Bonchev–Trinajstić information content (AvgIpc) is 2.75. The summed E-state index contributed by atoms with van der Waals surface area (Å²) < 4.78 is 0. The minimum atomic E-state index is 0.233. The van der Waals surface area contributed by atoms with Crippen molar-refractivity contribution >= 4 is 11.3 Å². The molecule has 4 heteroatoms. The number of phenolic OH excluding ortho intramolecular Hbond substituents is 1. The smallest absolute Gasteiger partial charge is 0.115 e. The first-order chi connectivity index (χ1) is 8.65. The van der Waals surface area contributed by atoms with Crippen molar-refractivity contribution in [2.24, 2.45) is 0 Å². The van der Waals surface area contributed by atoms with Gasteiger partial charge in [-0.3, -0.25) is 0 Å². The molecule has 1 heterocycles. The van der Waals surface area contributed by atoms with Crippen molar-refractivity contribution in [2.75, 3.05) is 6.54 Å². The fourth-order valence-electron chi connectivity index (χ4n) is 1.85. The van der Waals surface area contributed by atoms with Crippen LogP contribution >= 0.6 is 11.3 Å². The third-order valence-corrected chi connectivity index (χ3v) is 3.69. The minimum Gasteiger partial charge on any atom is -0.508 e. The van der Waals surface area contributed by atoms with Crippen molar-refractivity contribution < 1.29 is 5.11 Å². The first kappa shape index (κ1) is 13.1. The second-order valence-electron chi connectivity index (χ2n) is 4.38. The van der Waals surface area contributed by atoms with Gasteiger partial charge in [0.1, 0.15) is 5.75 Å². The molecule has 0 bridgehead atoms. The van der Waals surface area contributed by atoms with Crippen LogP contribution in [0.15, 0.2) is 29.6 Å². The maximum Gasteiger partial charge on any atom is 0.115 e. The zero-order valence-electron chi connectivity index (χ0n) is 10.7. The highest BCUT2D eigenvalue weighted by atomic mass is 32.1. The number of aromatic hydroxyl groups is 1. The van der Waals surface area contributed by atoms with E-state index in [1.807, 2.05) is 19.1 Å². The Labute approximate surface area is 112 Å². The average molecular weight is 262 g/mol. The first-order valence-corrected chi connectivity index (χ1v) is 6.96. The molecule has 0 fully saturated rings. The number of benzene rings is 1. The SMILES string of the molecule is Cc1nc(CCNC(C)c2cccc(O)c2)cs1. The third-order valence-electron chi connectivity index (χ3n) is 2.87. The minimum absolute atomic E-state index is 0.233. The quantitative estimate of drug-likeness (QED) is 0.870. The molecule has 1 aromatic carbocycles. The molecule has 0 amide bonds. The maximum absolute atomic E-state index is 9.43. The zero-order valence-corrected chi connectivity index (χ0v) is 11.5. The Hall–Kier alpha value is -1.39. The number of phenols is 1. The Morgan fingerprint density at radius 1 is 1.44 bits per heavy atom. The van der Waals surface area contributed by atoms with Crippen molar-refractivity contribution in [1.82, 2.24) is 10.3 Å². The maximum atomic E-state index is 9.43. The van der Waals surface area contributed by atoms with Gasteiger partial charge < -0.3 is 10.4 Å². The van der Waals surface area contributed by atoms with Gasteiger partial charge in [0.25, 0.3) is 0 Å². The lowest BCUT2D eigenvalue weighted by molar-refractivity contribution is 0.472. The third kappa shape index (κ3) is 3.55. The monoisotopic (exact) mass is 262 g/mol. The summed E-state index contributed by atoms with van der Waals surface area (Å²) in [5, 5.41) is 16.1. The van der Waals surface area contributed by atoms with E-state index in [0.717, 1.165) is 29.2 Å². The van der Waals surface area contributed by atoms with Gasteiger partial charge in [0.2, 0.25) is 0 Å². The molecular formula is C14H18N2OS. The van der Waals surface area contributed by atoms with Gasteiger partial charge in [0.15, 0.2) is 0 Å². The van der Waals surface area contributed by atoms with Crippen LogP contribution in [0, 0.1) is 6.92 Å². The summed E-state index contributed by atoms with van der Waals surface area (Å²) >= 11 is 1.69. The van der Waals surface area contributed by atoms with E-state index in [2.05, 4.69) is 22.6 Å². The Balaban J connectivity index is 1.83. The van der Waals surface area contributed by atoms with Crippen LogP contribution in [0.5, 0.6) is 5.75 Å². The molecule has 1 aromatic heterocycles. The summed E-state index contributed by atoms with van der Waals surface area (Å²) in [5.41, 5.74) is 2.25. The van der Waals surface area contributed by atoms with Crippen molar-refractivity contribution in [2.45, 2.75) is 26.3 Å². The molecule has 0 spiro atoms. The Morgan fingerprint density at radius 2 is 2.28 bits per heavy atom. The Kier molecular flexibility index (Phi) is 4.33. The summed E-state index contributed by atoms with van der Waals surface area (Å²) in [6.07, 6.45) is 0.938. The number of nitrogens with zero attached hydrogens (tertiary/aromatic N) is 1. The second kappa shape index (κ2) is 5.98. The van der Waals surface area contributed by atoms with Crippen LogP contribution in [-0.4, -0.2) is 16.6 Å². The largest absolute Gasteiger partial charge is 0.508 e. The molecule has 96 valence electrons. The van der Waals surface area contributed by atoms with E-state index in [1.54, 1.807) is 23.5 Å². The van der Waals surface area contributed by atoms with Gasteiger partial charge in [-0.25, -0.2) is 4.98 Å². The summed E-state index contributed by atoms with van der Waals surface area (Å²) in [6.45, 7) is 5.01. The number of aromatic nitrogens is 1. The molecule has 1 unspecified atom stereocenters. The molecule has 18 heavy (non-hydrogen) atoms. The van der Waals surface area contributed by atoms with E-state index in [-0.39, 0.29) is 6.04 Å².